The van der Waals surface area contributed by atoms with E-state index in [2.05, 4.69) is 15.5 Å². The summed E-state index contributed by atoms with van der Waals surface area (Å²) in [7, 11) is 1.27. The summed E-state index contributed by atoms with van der Waals surface area (Å²) in [6, 6.07) is 1.63. The van der Waals surface area contributed by atoms with E-state index in [0.717, 1.165) is 6.54 Å². The maximum absolute atomic E-state index is 12.6. The van der Waals surface area contributed by atoms with Crippen LogP contribution >= 0.6 is 0 Å². The SMILES string of the molecule is COC(=O)C1(c2ccnnc2)CCC2(CCNC2)N1C(=O)O. The number of nitrogens with one attached hydrogen (secondary N) is 1. The highest BCUT2D eigenvalue weighted by molar-refractivity contribution is 5.88. The minimum atomic E-state index is -1.36. The van der Waals surface area contributed by atoms with Crippen molar-refractivity contribution in [3.63, 3.8) is 0 Å². The van der Waals surface area contributed by atoms with Gasteiger partial charge in [0.2, 0.25) is 0 Å². The Kier molecular flexibility index (Phi) is 3.48. The summed E-state index contributed by atoms with van der Waals surface area (Å²) in [5.74, 6) is -0.577. The molecule has 2 aliphatic heterocycles. The molecule has 1 aromatic heterocycles. The second kappa shape index (κ2) is 5.20. The minimum absolute atomic E-state index is 0.374. The summed E-state index contributed by atoms with van der Waals surface area (Å²) in [6.07, 6.45) is 3.43. The van der Waals surface area contributed by atoms with Crippen LogP contribution in [0.4, 0.5) is 4.79 Å². The molecule has 3 heterocycles. The van der Waals surface area contributed by atoms with Gasteiger partial charge in [0, 0.05) is 18.3 Å². The maximum Gasteiger partial charge on any atom is 0.409 e. The number of hydrogen-bond acceptors (Lipinski definition) is 6. The molecule has 2 fully saturated rings. The van der Waals surface area contributed by atoms with Gasteiger partial charge in [-0.05, 0) is 31.9 Å². The van der Waals surface area contributed by atoms with Gasteiger partial charge in [0.1, 0.15) is 0 Å². The number of hydrogen-bond donors (Lipinski definition) is 2. The number of methoxy groups -OCH3 is 1. The Labute approximate surface area is 127 Å². The zero-order valence-corrected chi connectivity index (χ0v) is 12.3. The van der Waals surface area contributed by atoms with Gasteiger partial charge in [0.05, 0.1) is 18.8 Å². The second-order valence-corrected chi connectivity index (χ2v) is 5.75. The molecule has 8 nitrogen and oxygen atoms in total. The van der Waals surface area contributed by atoms with Crippen LogP contribution < -0.4 is 5.32 Å². The van der Waals surface area contributed by atoms with E-state index in [-0.39, 0.29) is 0 Å². The van der Waals surface area contributed by atoms with Gasteiger partial charge in [-0.2, -0.15) is 10.2 Å². The van der Waals surface area contributed by atoms with Crippen LogP contribution in [-0.4, -0.2) is 58.0 Å². The van der Waals surface area contributed by atoms with Crippen LogP contribution in [0.3, 0.4) is 0 Å². The first-order valence-electron chi connectivity index (χ1n) is 7.16. The average molecular weight is 306 g/mol. The highest BCUT2D eigenvalue weighted by Crippen LogP contribution is 2.50. The quantitative estimate of drug-likeness (QED) is 0.760. The number of ether oxygens (including phenoxy) is 1. The number of likely N-dealkylation sites (tertiary alicyclic amines) is 1. The molecule has 2 atom stereocenters. The number of esters is 1. The van der Waals surface area contributed by atoms with Crippen LogP contribution in [0.15, 0.2) is 18.5 Å². The fourth-order valence-corrected chi connectivity index (χ4v) is 3.83. The van der Waals surface area contributed by atoms with Crippen molar-refractivity contribution in [2.75, 3.05) is 20.2 Å². The van der Waals surface area contributed by atoms with Gasteiger partial charge in [0.15, 0.2) is 5.54 Å². The summed E-state index contributed by atoms with van der Waals surface area (Å²) < 4.78 is 4.96. The molecule has 8 heteroatoms. The van der Waals surface area contributed by atoms with E-state index >= 15 is 0 Å². The maximum atomic E-state index is 12.6. The molecule has 22 heavy (non-hydrogen) atoms. The Morgan fingerprint density at radius 1 is 1.36 bits per heavy atom. The summed E-state index contributed by atoms with van der Waals surface area (Å²) in [4.78, 5) is 25.9. The lowest BCUT2D eigenvalue weighted by Crippen LogP contribution is -2.59. The van der Waals surface area contributed by atoms with Gasteiger partial charge in [-0.3, -0.25) is 4.90 Å². The van der Waals surface area contributed by atoms with Crippen molar-refractivity contribution in [1.82, 2.24) is 20.4 Å². The van der Waals surface area contributed by atoms with Gasteiger partial charge < -0.3 is 15.2 Å². The molecule has 2 aliphatic rings. The highest BCUT2D eigenvalue weighted by atomic mass is 16.5. The van der Waals surface area contributed by atoms with Gasteiger partial charge in [-0.1, -0.05) is 0 Å². The molecular weight excluding hydrogens is 288 g/mol. The van der Waals surface area contributed by atoms with Crippen LogP contribution in [-0.2, 0) is 15.1 Å². The van der Waals surface area contributed by atoms with E-state index in [0.29, 0.717) is 31.4 Å². The van der Waals surface area contributed by atoms with Crippen molar-refractivity contribution in [1.29, 1.82) is 0 Å². The zero-order chi connectivity index (χ0) is 15.8. The molecule has 3 rings (SSSR count). The number of aromatic nitrogens is 2. The van der Waals surface area contributed by atoms with Gasteiger partial charge in [-0.15, -0.1) is 0 Å². The highest BCUT2D eigenvalue weighted by Gasteiger charge is 2.63. The summed E-state index contributed by atoms with van der Waals surface area (Å²) in [5, 5.41) is 20.6. The minimum Gasteiger partial charge on any atom is -0.467 e. The molecule has 0 aromatic carbocycles. The van der Waals surface area contributed by atoms with Crippen LogP contribution in [0.1, 0.15) is 24.8 Å². The van der Waals surface area contributed by atoms with Crippen molar-refractivity contribution in [2.24, 2.45) is 0 Å². The Morgan fingerprint density at radius 2 is 2.18 bits per heavy atom. The first kappa shape index (κ1) is 14.7. The number of amides is 1. The Balaban J connectivity index is 2.17. The average Bonchev–Trinajstić information content (AvgIpc) is 3.14. The molecule has 2 N–H and O–H groups in total. The lowest BCUT2D eigenvalue weighted by Gasteiger charge is -2.41. The van der Waals surface area contributed by atoms with E-state index in [1.54, 1.807) is 6.07 Å². The number of carbonyl (C=O) groups is 2. The lowest BCUT2D eigenvalue weighted by atomic mass is 9.89. The summed E-state index contributed by atoms with van der Waals surface area (Å²) >= 11 is 0. The van der Waals surface area contributed by atoms with Crippen molar-refractivity contribution in [2.45, 2.75) is 30.3 Å². The molecule has 1 amide bonds. The molecule has 2 unspecified atom stereocenters. The van der Waals surface area contributed by atoms with E-state index < -0.39 is 23.1 Å². The van der Waals surface area contributed by atoms with Crippen molar-refractivity contribution >= 4 is 12.1 Å². The molecule has 2 saturated heterocycles. The van der Waals surface area contributed by atoms with Crippen LogP contribution in [0.5, 0.6) is 0 Å². The zero-order valence-electron chi connectivity index (χ0n) is 12.3. The molecule has 118 valence electrons. The van der Waals surface area contributed by atoms with Crippen molar-refractivity contribution in [3.05, 3.63) is 24.0 Å². The van der Waals surface area contributed by atoms with E-state index in [4.69, 9.17) is 4.74 Å². The molecule has 0 bridgehead atoms. The third-order valence-electron chi connectivity index (χ3n) is 4.81. The monoisotopic (exact) mass is 306 g/mol. The number of nitrogens with zero attached hydrogens (tertiary/aromatic N) is 3. The number of carboxylic acid groups (broad SMARTS) is 1. The van der Waals surface area contributed by atoms with Crippen molar-refractivity contribution < 1.29 is 19.4 Å². The standard InChI is InChI=1S/C14H18N4O4/c1-22-11(19)14(10-2-6-16-17-8-10)4-3-13(5-7-15-9-13)18(14)12(20)21/h2,6,8,15H,3-5,7,9H2,1H3,(H,20,21). The lowest BCUT2D eigenvalue weighted by molar-refractivity contribution is -0.155. The van der Waals surface area contributed by atoms with Crippen LogP contribution in [0.2, 0.25) is 0 Å². The van der Waals surface area contributed by atoms with Gasteiger partial charge in [0.25, 0.3) is 0 Å². The predicted octanol–water partition coefficient (Wildman–Crippen LogP) is 0.351. The normalized spacial score (nSPS) is 30.7. The van der Waals surface area contributed by atoms with Crippen LogP contribution in [0.25, 0.3) is 0 Å². The van der Waals surface area contributed by atoms with E-state index in [1.807, 2.05) is 0 Å². The van der Waals surface area contributed by atoms with E-state index in [1.165, 1.54) is 24.4 Å². The fourth-order valence-electron chi connectivity index (χ4n) is 3.83. The smallest absolute Gasteiger partial charge is 0.409 e. The Morgan fingerprint density at radius 3 is 2.73 bits per heavy atom. The molecule has 1 aromatic rings. The molecule has 1 spiro atoms. The topological polar surface area (TPSA) is 105 Å². The Hall–Kier alpha value is -2.22. The largest absolute Gasteiger partial charge is 0.467 e. The number of rotatable bonds is 2. The summed E-state index contributed by atoms with van der Waals surface area (Å²) in [6.45, 7) is 1.27. The van der Waals surface area contributed by atoms with Crippen molar-refractivity contribution in [3.8, 4) is 0 Å². The number of carbonyl (C=O) groups excluding carboxylic acids is 1. The second-order valence-electron chi connectivity index (χ2n) is 5.75. The van der Waals surface area contributed by atoms with E-state index in [9.17, 15) is 14.7 Å². The first-order chi connectivity index (χ1) is 10.6. The molecule has 0 saturated carbocycles. The summed E-state index contributed by atoms with van der Waals surface area (Å²) in [5.41, 5.74) is -1.44. The molecular formula is C14H18N4O4. The predicted molar refractivity (Wildman–Crippen MR) is 75.0 cm³/mol. The van der Waals surface area contributed by atoms with Crippen LogP contribution in [0, 0.1) is 0 Å². The molecule has 0 aliphatic carbocycles. The molecule has 0 radical (unpaired) electrons. The van der Waals surface area contributed by atoms with Gasteiger partial charge in [-0.25, -0.2) is 9.59 Å². The Bertz CT molecular complexity index is 588. The fraction of sp³-hybridized carbons (Fsp3) is 0.571. The third-order valence-corrected chi connectivity index (χ3v) is 4.81. The van der Waals surface area contributed by atoms with Gasteiger partial charge >= 0.3 is 12.1 Å². The third kappa shape index (κ3) is 1.87. The first-order valence-corrected chi connectivity index (χ1v) is 7.16.